The Morgan fingerprint density at radius 3 is 2.70 bits per heavy atom. The molecular weight excluding hydrogens is 289 g/mol. The lowest BCUT2D eigenvalue weighted by molar-refractivity contribution is 0.571. The van der Waals surface area contributed by atoms with Crippen LogP contribution in [0.5, 0.6) is 0 Å². The maximum absolute atomic E-state index is 6.18. The number of hydrogen-bond donors (Lipinski definition) is 1. The molecule has 0 spiro atoms. The Morgan fingerprint density at radius 2 is 1.85 bits per heavy atom. The van der Waals surface area contributed by atoms with Crippen molar-refractivity contribution in [1.82, 2.24) is 5.32 Å². The Kier molecular flexibility index (Phi) is 3.03. The highest BCUT2D eigenvalue weighted by atomic mass is 35.5. The van der Waals surface area contributed by atoms with Crippen LogP contribution < -0.4 is 5.32 Å². The summed E-state index contributed by atoms with van der Waals surface area (Å²) in [6.07, 6.45) is 1.14. The summed E-state index contributed by atoms with van der Waals surface area (Å²) < 4.78 is 0. The first-order valence-electron chi connectivity index (χ1n) is 7.00. The fraction of sp³-hybridized carbons (Fsp3) is 0.294. The standard InChI is InChI=1S/C17H15Cl2N/c18-14-6-5-11(7-15(14)19)13-9-20-16-8-10-3-1-2-4-12(10)17(13)16/h1-7,13,16-17,20H,8-9H2/t13-,16-,17-/m0/s1. The van der Waals surface area contributed by atoms with Crippen LogP contribution in [0.3, 0.4) is 0 Å². The molecule has 0 amide bonds. The molecular formula is C17H15Cl2N. The maximum Gasteiger partial charge on any atom is 0.0595 e. The quantitative estimate of drug-likeness (QED) is 0.824. The van der Waals surface area contributed by atoms with Crippen LogP contribution in [0.2, 0.25) is 10.0 Å². The second-order valence-corrected chi connectivity index (χ2v) is 6.54. The van der Waals surface area contributed by atoms with E-state index in [4.69, 9.17) is 23.2 Å². The molecule has 1 fully saturated rings. The number of rotatable bonds is 1. The fourth-order valence-electron chi connectivity index (χ4n) is 3.80. The Bertz CT molecular complexity index is 668. The number of nitrogens with one attached hydrogen (secondary N) is 1. The Balaban J connectivity index is 1.75. The third kappa shape index (κ3) is 1.88. The van der Waals surface area contributed by atoms with E-state index in [1.807, 2.05) is 12.1 Å². The third-order valence-corrected chi connectivity index (χ3v) is 5.43. The first-order valence-corrected chi connectivity index (χ1v) is 7.76. The van der Waals surface area contributed by atoms with Gasteiger partial charge in [0.25, 0.3) is 0 Å². The van der Waals surface area contributed by atoms with Crippen LogP contribution in [-0.2, 0) is 6.42 Å². The molecule has 0 unspecified atom stereocenters. The molecule has 20 heavy (non-hydrogen) atoms. The molecule has 1 aliphatic heterocycles. The van der Waals surface area contributed by atoms with Gasteiger partial charge in [0.15, 0.2) is 0 Å². The minimum Gasteiger partial charge on any atom is -0.312 e. The number of benzene rings is 2. The van der Waals surface area contributed by atoms with Gasteiger partial charge in [0, 0.05) is 24.4 Å². The molecule has 2 aliphatic rings. The smallest absolute Gasteiger partial charge is 0.0595 e. The van der Waals surface area contributed by atoms with Gasteiger partial charge >= 0.3 is 0 Å². The second-order valence-electron chi connectivity index (χ2n) is 5.72. The van der Waals surface area contributed by atoms with Gasteiger partial charge in [0.1, 0.15) is 0 Å². The van der Waals surface area contributed by atoms with Crippen LogP contribution in [0, 0.1) is 0 Å². The van der Waals surface area contributed by atoms with E-state index in [0.29, 0.717) is 27.9 Å². The van der Waals surface area contributed by atoms with Gasteiger partial charge in [0.05, 0.1) is 10.0 Å². The molecule has 1 N–H and O–H groups in total. The summed E-state index contributed by atoms with van der Waals surface area (Å²) in [7, 11) is 0. The summed E-state index contributed by atoms with van der Waals surface area (Å²) in [5.74, 6) is 1.04. The van der Waals surface area contributed by atoms with Crippen molar-refractivity contribution in [2.45, 2.75) is 24.3 Å². The van der Waals surface area contributed by atoms with Crippen molar-refractivity contribution in [2.24, 2.45) is 0 Å². The fourth-order valence-corrected chi connectivity index (χ4v) is 4.10. The molecule has 4 rings (SSSR count). The van der Waals surface area contributed by atoms with Gasteiger partial charge in [-0.3, -0.25) is 0 Å². The average Bonchev–Trinajstić information content (AvgIpc) is 3.00. The van der Waals surface area contributed by atoms with Gasteiger partial charge in [-0.1, -0.05) is 53.5 Å². The van der Waals surface area contributed by atoms with Crippen molar-refractivity contribution in [1.29, 1.82) is 0 Å². The largest absolute Gasteiger partial charge is 0.312 e. The third-order valence-electron chi connectivity index (χ3n) is 4.69. The van der Waals surface area contributed by atoms with E-state index in [1.165, 1.54) is 16.7 Å². The monoisotopic (exact) mass is 303 g/mol. The van der Waals surface area contributed by atoms with Crippen LogP contribution in [0.15, 0.2) is 42.5 Å². The lowest BCUT2D eigenvalue weighted by Gasteiger charge is -2.20. The van der Waals surface area contributed by atoms with E-state index >= 15 is 0 Å². The molecule has 3 heteroatoms. The molecule has 1 aliphatic carbocycles. The van der Waals surface area contributed by atoms with Crippen LogP contribution in [0.4, 0.5) is 0 Å². The van der Waals surface area contributed by atoms with Crippen LogP contribution in [0.1, 0.15) is 28.5 Å². The molecule has 2 aromatic carbocycles. The minimum atomic E-state index is 0.485. The molecule has 3 atom stereocenters. The van der Waals surface area contributed by atoms with Crippen molar-refractivity contribution in [2.75, 3.05) is 6.54 Å². The lowest BCUT2D eigenvalue weighted by atomic mass is 9.84. The SMILES string of the molecule is Clc1ccc([C@@H]2CN[C@H]3Cc4ccccc4[C@H]32)cc1Cl. The van der Waals surface area contributed by atoms with Crippen molar-refractivity contribution in [3.63, 3.8) is 0 Å². The second kappa shape index (κ2) is 4.77. The van der Waals surface area contributed by atoms with Crippen LogP contribution >= 0.6 is 23.2 Å². The van der Waals surface area contributed by atoms with Gasteiger partial charge in [-0.25, -0.2) is 0 Å². The summed E-state index contributed by atoms with van der Waals surface area (Å²) in [4.78, 5) is 0. The normalized spacial score (nSPS) is 27.4. The molecule has 102 valence electrons. The lowest BCUT2D eigenvalue weighted by Crippen LogP contribution is -2.23. The van der Waals surface area contributed by atoms with Crippen molar-refractivity contribution >= 4 is 23.2 Å². The van der Waals surface area contributed by atoms with Gasteiger partial charge in [-0.15, -0.1) is 0 Å². The van der Waals surface area contributed by atoms with Gasteiger partial charge in [-0.05, 0) is 35.2 Å². The number of fused-ring (bicyclic) bond motifs is 3. The predicted octanol–water partition coefficient (Wildman–Crippen LogP) is 4.39. The first kappa shape index (κ1) is 12.7. The topological polar surface area (TPSA) is 12.0 Å². The van der Waals surface area contributed by atoms with E-state index in [-0.39, 0.29) is 0 Å². The van der Waals surface area contributed by atoms with E-state index in [1.54, 1.807) is 0 Å². The van der Waals surface area contributed by atoms with Crippen LogP contribution in [0.25, 0.3) is 0 Å². The van der Waals surface area contributed by atoms with E-state index in [0.717, 1.165) is 13.0 Å². The molecule has 0 radical (unpaired) electrons. The molecule has 0 bridgehead atoms. The Morgan fingerprint density at radius 1 is 1.00 bits per heavy atom. The molecule has 1 heterocycles. The molecule has 0 saturated carbocycles. The van der Waals surface area contributed by atoms with E-state index < -0.39 is 0 Å². The number of halogens is 2. The van der Waals surface area contributed by atoms with Gasteiger partial charge in [-0.2, -0.15) is 0 Å². The van der Waals surface area contributed by atoms with Gasteiger partial charge in [0.2, 0.25) is 0 Å². The van der Waals surface area contributed by atoms with Crippen molar-refractivity contribution in [3.8, 4) is 0 Å². The highest BCUT2D eigenvalue weighted by Gasteiger charge is 2.42. The summed E-state index contributed by atoms with van der Waals surface area (Å²) in [5, 5.41) is 4.95. The predicted molar refractivity (Wildman–Crippen MR) is 83.9 cm³/mol. The zero-order valence-electron chi connectivity index (χ0n) is 10.9. The summed E-state index contributed by atoms with van der Waals surface area (Å²) in [5.41, 5.74) is 4.27. The highest BCUT2D eigenvalue weighted by Crippen LogP contribution is 2.46. The van der Waals surface area contributed by atoms with Crippen LogP contribution in [-0.4, -0.2) is 12.6 Å². The molecule has 1 nitrogen and oxygen atoms in total. The summed E-state index contributed by atoms with van der Waals surface area (Å²) >= 11 is 12.2. The summed E-state index contributed by atoms with van der Waals surface area (Å²) in [6.45, 7) is 1.02. The van der Waals surface area contributed by atoms with Gasteiger partial charge < -0.3 is 5.32 Å². The molecule has 0 aromatic heterocycles. The number of hydrogen-bond acceptors (Lipinski definition) is 1. The average molecular weight is 304 g/mol. The maximum atomic E-state index is 6.18. The van der Waals surface area contributed by atoms with E-state index in [2.05, 4.69) is 35.6 Å². The van der Waals surface area contributed by atoms with Crippen molar-refractivity contribution < 1.29 is 0 Å². The van der Waals surface area contributed by atoms with Crippen molar-refractivity contribution in [3.05, 3.63) is 69.2 Å². The van der Waals surface area contributed by atoms with E-state index in [9.17, 15) is 0 Å². The highest BCUT2D eigenvalue weighted by molar-refractivity contribution is 6.42. The summed E-state index contributed by atoms with van der Waals surface area (Å²) in [6, 6.07) is 15.4. The zero-order valence-corrected chi connectivity index (χ0v) is 12.5. The Hall–Kier alpha value is -1.02. The minimum absolute atomic E-state index is 0.485. The first-order chi connectivity index (χ1) is 9.74. The Labute approximate surface area is 128 Å². The molecule has 1 saturated heterocycles. The zero-order chi connectivity index (χ0) is 13.7. The molecule has 2 aromatic rings.